The van der Waals surface area contributed by atoms with E-state index in [9.17, 15) is 0 Å². The Kier molecular flexibility index (Phi) is 4.42. The number of nitrogens with one attached hydrogen (secondary N) is 1. The van der Waals surface area contributed by atoms with E-state index in [-0.39, 0.29) is 0 Å². The van der Waals surface area contributed by atoms with Crippen LogP contribution in [0.3, 0.4) is 0 Å². The summed E-state index contributed by atoms with van der Waals surface area (Å²) in [5, 5.41) is 3.76. The molecule has 1 aliphatic rings. The fraction of sp³-hybridized carbons (Fsp3) is 1.00. The average Bonchev–Trinajstić information content (AvgIpc) is 2.40. The van der Waals surface area contributed by atoms with Gasteiger partial charge in [0, 0.05) is 19.1 Å². The molecule has 0 saturated heterocycles. The third-order valence-corrected chi connectivity index (χ3v) is 3.58. The van der Waals surface area contributed by atoms with E-state index in [1.54, 1.807) is 0 Å². The molecule has 0 bridgehead atoms. The average molecular weight is 226 g/mol. The lowest BCUT2D eigenvalue weighted by molar-refractivity contribution is 0.223. The van der Waals surface area contributed by atoms with Crippen molar-refractivity contribution in [2.24, 2.45) is 10.8 Å². The standard InChI is InChI=1S/C14H30N2/c1-13(2)8-7-12(9-13)15-10-14(3,4)11-16(5)6/h12,15H,7-11H2,1-6H3. The Labute approximate surface area is 102 Å². The van der Waals surface area contributed by atoms with Gasteiger partial charge in [0.1, 0.15) is 0 Å². The Balaban J connectivity index is 2.29. The van der Waals surface area contributed by atoms with E-state index in [0.717, 1.165) is 19.1 Å². The maximum absolute atomic E-state index is 3.76. The lowest BCUT2D eigenvalue weighted by atomic mass is 9.90. The lowest BCUT2D eigenvalue weighted by Crippen LogP contribution is -2.41. The van der Waals surface area contributed by atoms with Gasteiger partial charge in [0.05, 0.1) is 0 Å². The maximum atomic E-state index is 3.76. The zero-order valence-electron chi connectivity index (χ0n) is 12.1. The van der Waals surface area contributed by atoms with E-state index in [2.05, 4.69) is 52.0 Å². The fourth-order valence-electron chi connectivity index (χ4n) is 2.94. The van der Waals surface area contributed by atoms with Crippen LogP contribution in [0.25, 0.3) is 0 Å². The van der Waals surface area contributed by atoms with Crippen molar-refractivity contribution in [2.45, 2.75) is 53.0 Å². The predicted octanol–water partition coefficient (Wildman–Crippen LogP) is 2.74. The van der Waals surface area contributed by atoms with Crippen LogP contribution in [0.1, 0.15) is 47.0 Å². The molecule has 96 valence electrons. The van der Waals surface area contributed by atoms with Gasteiger partial charge in [0.25, 0.3) is 0 Å². The molecule has 0 aromatic heterocycles. The van der Waals surface area contributed by atoms with E-state index in [1.807, 2.05) is 0 Å². The molecule has 16 heavy (non-hydrogen) atoms. The minimum Gasteiger partial charge on any atom is -0.313 e. The van der Waals surface area contributed by atoms with Gasteiger partial charge in [-0.2, -0.15) is 0 Å². The molecule has 0 aromatic rings. The highest BCUT2D eigenvalue weighted by Crippen LogP contribution is 2.37. The molecule has 0 spiro atoms. The van der Waals surface area contributed by atoms with Gasteiger partial charge in [-0.25, -0.2) is 0 Å². The lowest BCUT2D eigenvalue weighted by Gasteiger charge is -2.30. The second-order valence-electron chi connectivity index (χ2n) is 7.39. The van der Waals surface area contributed by atoms with Crippen LogP contribution >= 0.6 is 0 Å². The summed E-state index contributed by atoms with van der Waals surface area (Å²) in [6.45, 7) is 11.8. The zero-order valence-corrected chi connectivity index (χ0v) is 12.1. The third-order valence-electron chi connectivity index (χ3n) is 3.58. The third kappa shape index (κ3) is 4.84. The van der Waals surface area contributed by atoms with Crippen LogP contribution in [-0.4, -0.2) is 38.1 Å². The fourth-order valence-corrected chi connectivity index (χ4v) is 2.94. The van der Waals surface area contributed by atoms with Crippen LogP contribution in [0, 0.1) is 10.8 Å². The van der Waals surface area contributed by atoms with Gasteiger partial charge >= 0.3 is 0 Å². The first-order chi connectivity index (χ1) is 7.20. The van der Waals surface area contributed by atoms with Crippen molar-refractivity contribution in [3.05, 3.63) is 0 Å². The van der Waals surface area contributed by atoms with Gasteiger partial charge in [0.15, 0.2) is 0 Å². The molecule has 1 aliphatic carbocycles. The Morgan fingerprint density at radius 3 is 2.38 bits per heavy atom. The van der Waals surface area contributed by atoms with Crippen molar-refractivity contribution in [3.8, 4) is 0 Å². The smallest absolute Gasteiger partial charge is 0.00725 e. The summed E-state index contributed by atoms with van der Waals surface area (Å²) in [4.78, 5) is 2.28. The summed E-state index contributed by atoms with van der Waals surface area (Å²) in [5.41, 5.74) is 0.930. The molecule has 0 aromatic carbocycles. The van der Waals surface area contributed by atoms with Gasteiger partial charge in [-0.15, -0.1) is 0 Å². The van der Waals surface area contributed by atoms with Gasteiger partial charge in [-0.1, -0.05) is 27.7 Å². The first kappa shape index (κ1) is 14.0. The van der Waals surface area contributed by atoms with Crippen molar-refractivity contribution in [1.29, 1.82) is 0 Å². The highest BCUT2D eigenvalue weighted by Gasteiger charge is 2.31. The van der Waals surface area contributed by atoms with Gasteiger partial charge in [-0.3, -0.25) is 0 Å². The minimum atomic E-state index is 0.371. The van der Waals surface area contributed by atoms with Crippen molar-refractivity contribution in [3.63, 3.8) is 0 Å². The molecule has 1 fully saturated rings. The maximum Gasteiger partial charge on any atom is 0.00725 e. The second kappa shape index (κ2) is 5.05. The van der Waals surface area contributed by atoms with Crippen molar-refractivity contribution < 1.29 is 0 Å². The van der Waals surface area contributed by atoms with E-state index >= 15 is 0 Å². The Morgan fingerprint density at radius 1 is 1.31 bits per heavy atom. The summed E-state index contributed by atoms with van der Waals surface area (Å²) in [6, 6.07) is 0.747. The number of rotatable bonds is 5. The van der Waals surface area contributed by atoms with Crippen LogP contribution in [0.15, 0.2) is 0 Å². The SMILES string of the molecule is CN(C)CC(C)(C)CNC1CCC(C)(C)C1. The molecule has 0 heterocycles. The minimum absolute atomic E-state index is 0.371. The molecule has 2 nitrogen and oxygen atoms in total. The van der Waals surface area contributed by atoms with Crippen LogP contribution in [0.4, 0.5) is 0 Å². The van der Waals surface area contributed by atoms with Crippen LogP contribution in [-0.2, 0) is 0 Å². The molecular formula is C14H30N2. The summed E-state index contributed by atoms with van der Waals surface area (Å²) in [6.07, 6.45) is 4.06. The first-order valence-electron chi connectivity index (χ1n) is 6.58. The molecule has 0 aliphatic heterocycles. The second-order valence-corrected chi connectivity index (χ2v) is 7.39. The quantitative estimate of drug-likeness (QED) is 0.775. The normalized spacial score (nSPS) is 25.3. The predicted molar refractivity (Wildman–Crippen MR) is 71.8 cm³/mol. The van der Waals surface area contributed by atoms with Crippen LogP contribution < -0.4 is 5.32 Å². The van der Waals surface area contributed by atoms with Crippen molar-refractivity contribution in [1.82, 2.24) is 10.2 Å². The summed E-state index contributed by atoms with van der Waals surface area (Å²) in [7, 11) is 4.31. The van der Waals surface area contributed by atoms with E-state index < -0.39 is 0 Å². The van der Waals surface area contributed by atoms with Gasteiger partial charge < -0.3 is 10.2 Å². The molecule has 1 rings (SSSR count). The van der Waals surface area contributed by atoms with E-state index in [4.69, 9.17) is 0 Å². The summed E-state index contributed by atoms with van der Waals surface area (Å²) < 4.78 is 0. The van der Waals surface area contributed by atoms with Gasteiger partial charge in [0.2, 0.25) is 0 Å². The first-order valence-corrected chi connectivity index (χ1v) is 6.58. The van der Waals surface area contributed by atoms with Crippen LogP contribution in [0.5, 0.6) is 0 Å². The molecule has 1 N–H and O–H groups in total. The molecule has 1 saturated carbocycles. The Bertz CT molecular complexity index is 219. The molecule has 0 radical (unpaired) electrons. The van der Waals surface area contributed by atoms with Crippen LogP contribution in [0.2, 0.25) is 0 Å². The molecular weight excluding hydrogens is 196 g/mol. The number of hydrogen-bond acceptors (Lipinski definition) is 2. The number of hydrogen-bond donors (Lipinski definition) is 1. The van der Waals surface area contributed by atoms with E-state index in [1.165, 1.54) is 19.3 Å². The Hall–Kier alpha value is -0.0800. The zero-order chi connectivity index (χ0) is 12.4. The monoisotopic (exact) mass is 226 g/mol. The summed E-state index contributed by atoms with van der Waals surface area (Å²) in [5.74, 6) is 0. The van der Waals surface area contributed by atoms with E-state index in [0.29, 0.717) is 10.8 Å². The topological polar surface area (TPSA) is 15.3 Å². The summed E-state index contributed by atoms with van der Waals surface area (Å²) >= 11 is 0. The largest absolute Gasteiger partial charge is 0.313 e. The molecule has 1 atom stereocenters. The van der Waals surface area contributed by atoms with Gasteiger partial charge in [-0.05, 0) is 44.2 Å². The number of nitrogens with zero attached hydrogens (tertiary/aromatic N) is 1. The highest BCUT2D eigenvalue weighted by molar-refractivity contribution is 4.88. The highest BCUT2D eigenvalue weighted by atomic mass is 15.1. The molecule has 0 amide bonds. The van der Waals surface area contributed by atoms with Crippen molar-refractivity contribution >= 4 is 0 Å². The molecule has 2 heteroatoms. The van der Waals surface area contributed by atoms with Crippen molar-refractivity contribution in [2.75, 3.05) is 27.2 Å². The Morgan fingerprint density at radius 2 is 1.94 bits per heavy atom. The molecule has 1 unspecified atom stereocenters.